The summed E-state index contributed by atoms with van der Waals surface area (Å²) in [7, 11) is 0. The van der Waals surface area contributed by atoms with Gasteiger partial charge >= 0.3 is 12.4 Å². The van der Waals surface area contributed by atoms with Crippen molar-refractivity contribution in [3.05, 3.63) is 64.7 Å². The molecule has 3 nitrogen and oxygen atoms in total. The third-order valence-corrected chi connectivity index (χ3v) is 5.84. The number of likely N-dealkylation sites (tertiary alicyclic amines) is 1. The third kappa shape index (κ3) is 4.31. The van der Waals surface area contributed by atoms with Crippen molar-refractivity contribution in [2.75, 3.05) is 13.1 Å². The molecule has 2 heterocycles. The first-order valence-corrected chi connectivity index (χ1v) is 9.76. The highest BCUT2D eigenvalue weighted by atomic mass is 19.4. The lowest BCUT2D eigenvalue weighted by Crippen LogP contribution is -2.40. The highest BCUT2D eigenvalue weighted by Gasteiger charge is 2.38. The second kappa shape index (κ2) is 7.69. The van der Waals surface area contributed by atoms with Crippen LogP contribution >= 0.6 is 0 Å². The molecule has 1 unspecified atom stereocenters. The number of alkyl halides is 6. The van der Waals surface area contributed by atoms with Crippen LogP contribution in [0.25, 0.3) is 0 Å². The number of amides is 1. The van der Waals surface area contributed by atoms with Gasteiger partial charge in [-0.3, -0.25) is 9.79 Å². The minimum atomic E-state index is -4.99. The van der Waals surface area contributed by atoms with Gasteiger partial charge in [0.05, 0.1) is 16.8 Å². The fourth-order valence-corrected chi connectivity index (χ4v) is 4.23. The van der Waals surface area contributed by atoms with Crippen LogP contribution in [0.4, 0.5) is 32.0 Å². The van der Waals surface area contributed by atoms with Crippen LogP contribution in [0.2, 0.25) is 0 Å². The number of carbonyl (C=O) groups excluding carboxylic acids is 1. The standard InChI is InChI=1S/C22H18F6N2O/c23-21(24,25)15-9-14(10-16(11-15)22(26,27)28)20(31)30-7-5-13(6-8-30)18-12-29-19-4-2-1-3-17(18)19/h1-4,9-13,18H,5-8H2. The van der Waals surface area contributed by atoms with Crippen molar-refractivity contribution in [1.82, 2.24) is 4.90 Å². The Labute approximate surface area is 174 Å². The normalized spacial score (nSPS) is 19.5. The number of halogens is 6. The molecule has 2 aromatic carbocycles. The zero-order valence-electron chi connectivity index (χ0n) is 16.2. The van der Waals surface area contributed by atoms with Crippen molar-refractivity contribution in [2.24, 2.45) is 10.9 Å². The maximum Gasteiger partial charge on any atom is 0.416 e. The Hall–Kier alpha value is -2.84. The van der Waals surface area contributed by atoms with E-state index in [1.165, 1.54) is 4.90 Å². The topological polar surface area (TPSA) is 32.7 Å². The number of benzene rings is 2. The lowest BCUT2D eigenvalue weighted by atomic mass is 9.81. The van der Waals surface area contributed by atoms with Crippen molar-refractivity contribution in [2.45, 2.75) is 31.1 Å². The molecule has 1 fully saturated rings. The zero-order chi connectivity index (χ0) is 22.4. The van der Waals surface area contributed by atoms with Crippen molar-refractivity contribution in [1.29, 1.82) is 0 Å². The molecule has 0 aliphatic carbocycles. The highest BCUT2D eigenvalue weighted by molar-refractivity contribution is 5.94. The Balaban J connectivity index is 1.51. The summed E-state index contributed by atoms with van der Waals surface area (Å²) in [5, 5.41) is 0. The van der Waals surface area contributed by atoms with E-state index in [1.54, 1.807) is 0 Å². The Morgan fingerprint density at radius 3 is 2.06 bits per heavy atom. The summed E-state index contributed by atoms with van der Waals surface area (Å²) in [4.78, 5) is 18.5. The average Bonchev–Trinajstić information content (AvgIpc) is 3.16. The largest absolute Gasteiger partial charge is 0.416 e. The third-order valence-electron chi connectivity index (χ3n) is 5.84. The summed E-state index contributed by atoms with van der Waals surface area (Å²) in [6, 6.07) is 8.73. The SMILES string of the molecule is O=C(c1cc(C(F)(F)F)cc(C(F)(F)F)c1)N1CCC(C2C=Nc3ccccc32)CC1. The van der Waals surface area contributed by atoms with E-state index in [9.17, 15) is 31.1 Å². The molecule has 9 heteroatoms. The van der Waals surface area contributed by atoms with E-state index in [0.717, 1.165) is 11.3 Å². The van der Waals surface area contributed by atoms with Gasteiger partial charge < -0.3 is 4.90 Å². The Bertz CT molecular complexity index is 987. The van der Waals surface area contributed by atoms with Gasteiger partial charge in [0.1, 0.15) is 0 Å². The number of hydrogen-bond donors (Lipinski definition) is 0. The maximum atomic E-state index is 13.1. The Morgan fingerprint density at radius 2 is 1.48 bits per heavy atom. The van der Waals surface area contributed by atoms with Crippen molar-refractivity contribution < 1.29 is 31.1 Å². The fraction of sp³-hybridized carbons (Fsp3) is 0.364. The first-order chi connectivity index (χ1) is 14.5. The van der Waals surface area contributed by atoms with E-state index in [0.29, 0.717) is 25.0 Å². The Kier molecular flexibility index (Phi) is 5.31. The summed E-state index contributed by atoms with van der Waals surface area (Å²) < 4.78 is 78.5. The molecule has 0 aromatic heterocycles. The Morgan fingerprint density at radius 1 is 0.903 bits per heavy atom. The maximum absolute atomic E-state index is 13.1. The minimum Gasteiger partial charge on any atom is -0.339 e. The molecule has 2 aliphatic heterocycles. The number of carbonyl (C=O) groups is 1. The lowest BCUT2D eigenvalue weighted by Gasteiger charge is -2.34. The van der Waals surface area contributed by atoms with Crippen LogP contribution < -0.4 is 0 Å². The van der Waals surface area contributed by atoms with Gasteiger partial charge in [-0.15, -0.1) is 0 Å². The van der Waals surface area contributed by atoms with Gasteiger partial charge in [0.2, 0.25) is 0 Å². The van der Waals surface area contributed by atoms with Crippen molar-refractivity contribution in [3.63, 3.8) is 0 Å². The summed E-state index contributed by atoms with van der Waals surface area (Å²) in [6.07, 6.45) is -6.93. The number of rotatable bonds is 2. The average molecular weight is 440 g/mol. The number of para-hydroxylation sites is 1. The van der Waals surface area contributed by atoms with Crippen molar-refractivity contribution >= 4 is 17.8 Å². The highest BCUT2D eigenvalue weighted by Crippen LogP contribution is 2.41. The second-order valence-electron chi connectivity index (χ2n) is 7.79. The van der Waals surface area contributed by atoms with Gasteiger partial charge in [-0.25, -0.2) is 0 Å². The predicted molar refractivity (Wildman–Crippen MR) is 102 cm³/mol. The van der Waals surface area contributed by atoms with E-state index in [2.05, 4.69) is 4.99 Å². The molecule has 0 bridgehead atoms. The van der Waals surface area contributed by atoms with Gasteiger partial charge in [-0.1, -0.05) is 18.2 Å². The van der Waals surface area contributed by atoms with Crippen LogP contribution in [-0.2, 0) is 12.4 Å². The molecule has 1 amide bonds. The summed E-state index contributed by atoms with van der Waals surface area (Å²) in [5.74, 6) is -0.530. The van der Waals surface area contributed by atoms with Crippen LogP contribution in [0, 0.1) is 5.92 Å². The number of fused-ring (bicyclic) bond motifs is 1. The van der Waals surface area contributed by atoms with Gasteiger partial charge in [0.15, 0.2) is 0 Å². The molecular weight excluding hydrogens is 422 g/mol. The summed E-state index contributed by atoms with van der Waals surface area (Å²) in [6.45, 7) is 0.515. The van der Waals surface area contributed by atoms with E-state index >= 15 is 0 Å². The zero-order valence-corrected chi connectivity index (χ0v) is 16.2. The molecule has 0 spiro atoms. The minimum absolute atomic E-state index is 0.0277. The number of hydrogen-bond acceptors (Lipinski definition) is 2. The molecule has 164 valence electrons. The molecule has 31 heavy (non-hydrogen) atoms. The first-order valence-electron chi connectivity index (χ1n) is 9.76. The van der Waals surface area contributed by atoms with Crippen LogP contribution in [-0.4, -0.2) is 30.1 Å². The molecule has 4 rings (SSSR count). The molecule has 0 N–H and O–H groups in total. The van der Waals surface area contributed by atoms with Crippen LogP contribution in [0.15, 0.2) is 47.5 Å². The summed E-state index contributed by atoms with van der Waals surface area (Å²) >= 11 is 0. The fourth-order valence-electron chi connectivity index (χ4n) is 4.23. The lowest BCUT2D eigenvalue weighted by molar-refractivity contribution is -0.143. The van der Waals surface area contributed by atoms with Gasteiger partial charge in [-0.2, -0.15) is 26.3 Å². The number of nitrogens with zero attached hydrogens (tertiary/aromatic N) is 2. The molecule has 2 aliphatic rings. The number of aliphatic imine (C=N–C) groups is 1. The van der Waals surface area contributed by atoms with Crippen LogP contribution in [0.3, 0.4) is 0 Å². The molecular formula is C22H18F6N2O. The smallest absolute Gasteiger partial charge is 0.339 e. The predicted octanol–water partition coefficient (Wildman–Crippen LogP) is 6.08. The molecule has 2 aromatic rings. The van der Waals surface area contributed by atoms with Gasteiger partial charge in [0.25, 0.3) is 5.91 Å². The molecule has 0 radical (unpaired) electrons. The molecule has 1 atom stereocenters. The van der Waals surface area contributed by atoms with Crippen molar-refractivity contribution in [3.8, 4) is 0 Å². The van der Waals surface area contributed by atoms with Crippen LogP contribution in [0.5, 0.6) is 0 Å². The van der Waals surface area contributed by atoms with E-state index < -0.39 is 35.0 Å². The van der Waals surface area contributed by atoms with E-state index in [-0.39, 0.29) is 31.0 Å². The number of piperidine rings is 1. The second-order valence-corrected chi connectivity index (χ2v) is 7.79. The van der Waals surface area contributed by atoms with E-state index in [4.69, 9.17) is 0 Å². The molecule has 1 saturated heterocycles. The summed E-state index contributed by atoms with van der Waals surface area (Å²) in [5.41, 5.74) is -1.58. The van der Waals surface area contributed by atoms with E-state index in [1.807, 2.05) is 30.5 Å². The molecule has 0 saturated carbocycles. The van der Waals surface area contributed by atoms with Gasteiger partial charge in [-0.05, 0) is 48.6 Å². The monoisotopic (exact) mass is 440 g/mol. The van der Waals surface area contributed by atoms with Crippen LogP contribution in [0.1, 0.15) is 45.8 Å². The first kappa shape index (κ1) is 21.4. The quantitative estimate of drug-likeness (QED) is 0.522. The van der Waals surface area contributed by atoms with Gasteiger partial charge in [0, 0.05) is 30.8 Å².